The smallest absolute Gasteiger partial charge is 0.291 e. The second-order valence-corrected chi connectivity index (χ2v) is 5.33. The van der Waals surface area contributed by atoms with Crippen molar-refractivity contribution in [2.45, 2.75) is 0 Å². The van der Waals surface area contributed by atoms with E-state index in [9.17, 15) is 9.59 Å². The number of rotatable bonds is 1. The van der Waals surface area contributed by atoms with Crippen LogP contribution >= 0.6 is 39.0 Å². The van der Waals surface area contributed by atoms with Gasteiger partial charge in [0, 0.05) is 26.5 Å². The lowest BCUT2D eigenvalue weighted by Gasteiger charge is -1.91. The van der Waals surface area contributed by atoms with E-state index in [4.69, 9.17) is 0 Å². The molecule has 0 unspecified atom stereocenters. The molecule has 1 aromatic rings. The van der Waals surface area contributed by atoms with Crippen LogP contribution in [0.1, 0.15) is 4.88 Å². The van der Waals surface area contributed by atoms with Crippen molar-refractivity contribution in [3.8, 4) is 0 Å². The third kappa shape index (κ3) is 2.08. The number of amides is 1. The topological polar surface area (TPSA) is 46.2 Å². The molecule has 1 aliphatic heterocycles. The summed E-state index contributed by atoms with van der Waals surface area (Å²) in [5, 5.41) is 3.87. The first kappa shape index (κ1) is 9.95. The Hall–Kier alpha value is -0.590. The molecule has 72 valence electrons. The van der Waals surface area contributed by atoms with Crippen LogP contribution in [0.15, 0.2) is 21.6 Å². The second-order valence-electron chi connectivity index (χ2n) is 2.53. The van der Waals surface area contributed by atoms with E-state index in [0.29, 0.717) is 17.5 Å². The number of carbonyl (C=O) groups excluding carboxylic acids is 2. The van der Waals surface area contributed by atoms with Gasteiger partial charge in [-0.15, -0.1) is 11.3 Å². The number of halogens is 1. The van der Waals surface area contributed by atoms with Gasteiger partial charge in [-0.1, -0.05) is 0 Å². The summed E-state index contributed by atoms with van der Waals surface area (Å²) in [5.41, 5.74) is 0.356. The molecule has 1 aliphatic rings. The second kappa shape index (κ2) is 3.88. The minimum atomic E-state index is -0.308. The summed E-state index contributed by atoms with van der Waals surface area (Å²) >= 11 is 5.51. The van der Waals surface area contributed by atoms with Crippen molar-refractivity contribution in [2.24, 2.45) is 0 Å². The van der Waals surface area contributed by atoms with E-state index >= 15 is 0 Å². The molecule has 0 saturated carbocycles. The molecule has 0 spiro atoms. The van der Waals surface area contributed by atoms with Gasteiger partial charge in [0.1, 0.15) is 0 Å². The van der Waals surface area contributed by atoms with Gasteiger partial charge in [-0.25, -0.2) is 0 Å². The maximum absolute atomic E-state index is 11.2. The molecule has 1 N–H and O–H groups in total. The van der Waals surface area contributed by atoms with Gasteiger partial charge in [-0.3, -0.25) is 9.59 Å². The molecule has 0 bridgehead atoms. The first-order valence-corrected chi connectivity index (χ1v) is 6.13. The Morgan fingerprint density at radius 1 is 1.43 bits per heavy atom. The van der Waals surface area contributed by atoms with Gasteiger partial charge in [0.15, 0.2) is 0 Å². The number of hydrogen-bond donors (Lipinski definition) is 1. The zero-order valence-electron chi connectivity index (χ0n) is 6.74. The molecule has 0 aliphatic carbocycles. The van der Waals surface area contributed by atoms with Crippen molar-refractivity contribution >= 4 is 55.5 Å². The van der Waals surface area contributed by atoms with E-state index in [-0.39, 0.29) is 10.4 Å². The Labute approximate surface area is 96.7 Å². The van der Waals surface area contributed by atoms with Crippen LogP contribution in [0.2, 0.25) is 0 Å². The Kier molecular flexibility index (Phi) is 2.76. The van der Waals surface area contributed by atoms with Gasteiger partial charge < -0.3 is 5.32 Å². The van der Waals surface area contributed by atoms with E-state index in [0.717, 1.165) is 9.35 Å². The third-order valence-corrected chi connectivity index (χ3v) is 3.85. The van der Waals surface area contributed by atoms with Crippen LogP contribution in [0.4, 0.5) is 4.79 Å². The third-order valence-electron chi connectivity index (χ3n) is 1.52. The summed E-state index contributed by atoms with van der Waals surface area (Å²) in [4.78, 5) is 23.0. The van der Waals surface area contributed by atoms with E-state index in [2.05, 4.69) is 21.2 Å². The van der Waals surface area contributed by atoms with Crippen LogP contribution in [0.5, 0.6) is 0 Å². The number of thioether (sulfide) groups is 1. The van der Waals surface area contributed by atoms with Crippen molar-refractivity contribution in [3.05, 3.63) is 26.5 Å². The Morgan fingerprint density at radius 2 is 2.21 bits per heavy atom. The van der Waals surface area contributed by atoms with E-state index < -0.39 is 0 Å². The molecule has 3 nitrogen and oxygen atoms in total. The van der Waals surface area contributed by atoms with Gasteiger partial charge in [0.2, 0.25) is 5.12 Å². The first-order valence-electron chi connectivity index (χ1n) is 3.64. The van der Waals surface area contributed by atoms with Crippen LogP contribution in [-0.2, 0) is 4.79 Å². The summed E-state index contributed by atoms with van der Waals surface area (Å²) in [6.45, 7) is 0. The first-order chi connectivity index (χ1) is 6.65. The molecule has 2 heterocycles. The summed E-state index contributed by atoms with van der Waals surface area (Å²) in [5.74, 6) is 0. The van der Waals surface area contributed by atoms with E-state index in [1.807, 2.05) is 11.4 Å². The highest BCUT2D eigenvalue weighted by Crippen LogP contribution is 2.25. The largest absolute Gasteiger partial charge is 0.313 e. The summed E-state index contributed by atoms with van der Waals surface area (Å²) in [7, 11) is 0. The summed E-state index contributed by atoms with van der Waals surface area (Å²) in [6, 6.07) is 1.89. The fourth-order valence-corrected chi connectivity index (χ4v) is 2.89. The van der Waals surface area contributed by atoms with Crippen molar-refractivity contribution in [3.63, 3.8) is 0 Å². The zero-order valence-corrected chi connectivity index (χ0v) is 9.96. The summed E-state index contributed by atoms with van der Waals surface area (Å²) in [6.07, 6.45) is 1.68. The molecule has 14 heavy (non-hydrogen) atoms. The number of hydrogen-bond acceptors (Lipinski definition) is 4. The molecule has 2 rings (SSSR count). The van der Waals surface area contributed by atoms with E-state index in [1.54, 1.807) is 6.08 Å². The monoisotopic (exact) mass is 289 g/mol. The normalized spacial score (nSPS) is 19.1. The predicted octanol–water partition coefficient (Wildman–Crippen LogP) is 2.83. The highest BCUT2D eigenvalue weighted by atomic mass is 79.9. The fraction of sp³-hybridized carbons (Fsp3) is 0. The van der Waals surface area contributed by atoms with Crippen molar-refractivity contribution < 1.29 is 9.59 Å². The maximum Gasteiger partial charge on any atom is 0.291 e. The molecular weight excluding hydrogens is 286 g/mol. The molecule has 0 radical (unpaired) electrons. The molecule has 1 fully saturated rings. The van der Waals surface area contributed by atoms with Crippen LogP contribution in [0.25, 0.3) is 6.08 Å². The molecule has 0 aromatic carbocycles. The van der Waals surface area contributed by atoms with Crippen LogP contribution in [0.3, 0.4) is 0 Å². The lowest BCUT2D eigenvalue weighted by Crippen LogP contribution is -2.09. The zero-order chi connectivity index (χ0) is 10.1. The van der Waals surface area contributed by atoms with E-state index in [1.165, 1.54) is 11.3 Å². The fourth-order valence-electron chi connectivity index (χ4n) is 0.967. The number of thiophene rings is 1. The highest BCUT2D eigenvalue weighted by molar-refractivity contribution is 9.10. The average molecular weight is 290 g/mol. The Morgan fingerprint density at radius 3 is 2.71 bits per heavy atom. The highest BCUT2D eigenvalue weighted by Gasteiger charge is 2.25. The molecule has 1 saturated heterocycles. The molecular formula is C8H4BrNO2S2. The number of nitrogens with one attached hydrogen (secondary N) is 1. The van der Waals surface area contributed by atoms with Crippen molar-refractivity contribution in [1.29, 1.82) is 0 Å². The predicted molar refractivity (Wildman–Crippen MR) is 61.1 cm³/mol. The van der Waals surface area contributed by atoms with Crippen LogP contribution in [-0.4, -0.2) is 10.4 Å². The number of carbonyl (C=O) groups is 2. The maximum atomic E-state index is 11.2. The molecule has 6 heteroatoms. The average Bonchev–Trinajstić information content (AvgIpc) is 2.61. The van der Waals surface area contributed by atoms with Gasteiger partial charge >= 0.3 is 0 Å². The minimum absolute atomic E-state index is 0.223. The van der Waals surface area contributed by atoms with Crippen LogP contribution in [0, 0.1) is 0 Å². The molecule has 0 atom stereocenters. The SMILES string of the molecule is O=C1NC(=Cc2cc(Br)cs2)C(=O)S1. The molecule has 1 aromatic heterocycles. The van der Waals surface area contributed by atoms with Gasteiger partial charge in [0.05, 0.1) is 5.70 Å². The van der Waals surface area contributed by atoms with Gasteiger partial charge in [0.25, 0.3) is 5.24 Å². The lowest BCUT2D eigenvalue weighted by atomic mass is 10.3. The van der Waals surface area contributed by atoms with Gasteiger partial charge in [-0.05, 0) is 28.1 Å². The van der Waals surface area contributed by atoms with Crippen molar-refractivity contribution in [2.75, 3.05) is 0 Å². The quantitative estimate of drug-likeness (QED) is 0.809. The van der Waals surface area contributed by atoms with Gasteiger partial charge in [-0.2, -0.15) is 0 Å². The Balaban J connectivity index is 2.27. The van der Waals surface area contributed by atoms with Crippen molar-refractivity contribution in [1.82, 2.24) is 5.32 Å². The molecule has 1 amide bonds. The lowest BCUT2D eigenvalue weighted by molar-refractivity contribution is -0.107. The minimum Gasteiger partial charge on any atom is -0.313 e. The summed E-state index contributed by atoms with van der Waals surface area (Å²) < 4.78 is 0.971. The Bertz CT molecular complexity index is 438. The van der Waals surface area contributed by atoms with Crippen LogP contribution < -0.4 is 5.32 Å². The standard InChI is InChI=1S/C8H4BrNO2S2/c9-4-1-5(13-3-4)2-6-7(11)14-8(12)10-6/h1-3H,(H,10,12).